The molecule has 1 atom stereocenters. The van der Waals surface area contributed by atoms with Gasteiger partial charge in [0.2, 0.25) is 5.91 Å². The van der Waals surface area contributed by atoms with Crippen LogP contribution in [-0.4, -0.2) is 93.6 Å². The Labute approximate surface area is 157 Å². The summed E-state index contributed by atoms with van der Waals surface area (Å²) in [5, 5.41) is 24.1. The average Bonchev–Trinajstić information content (AvgIpc) is 2.61. The van der Waals surface area contributed by atoms with Gasteiger partial charge in [0.05, 0.1) is 39.6 Å². The summed E-state index contributed by atoms with van der Waals surface area (Å²) in [5.74, 6) is -0.496. The van der Waals surface area contributed by atoms with Crippen LogP contribution in [0.25, 0.3) is 0 Å². The van der Waals surface area contributed by atoms with E-state index in [0.717, 1.165) is 0 Å². The molecule has 27 heavy (non-hydrogen) atoms. The minimum atomic E-state index is -1.33. The van der Waals surface area contributed by atoms with Crippen LogP contribution in [0.3, 0.4) is 0 Å². The van der Waals surface area contributed by atoms with Crippen molar-refractivity contribution in [3.05, 3.63) is 0 Å². The van der Waals surface area contributed by atoms with Crippen LogP contribution in [0.4, 0.5) is 9.59 Å². The Morgan fingerprint density at radius 1 is 0.815 bits per heavy atom. The lowest BCUT2D eigenvalue weighted by molar-refractivity contribution is -0.123. The molecule has 0 heterocycles. The highest BCUT2D eigenvalue weighted by Gasteiger charge is 2.19. The molecule has 0 saturated carbocycles. The highest BCUT2D eigenvalue weighted by molar-refractivity contribution is 5.85. The van der Waals surface area contributed by atoms with Gasteiger partial charge in [-0.3, -0.25) is 4.79 Å². The normalized spacial score (nSPS) is 11.6. The lowest BCUT2D eigenvalue weighted by Gasteiger charge is -2.16. The third kappa shape index (κ3) is 17.0. The number of nitrogens with two attached hydrogens (primary N) is 1. The molecular formula is C15H30N4O8. The number of amides is 3. The quantitative estimate of drug-likeness (QED) is 0.165. The van der Waals surface area contributed by atoms with Crippen LogP contribution in [0, 0.1) is 0 Å². The second-order valence-electron chi connectivity index (χ2n) is 5.29. The van der Waals surface area contributed by atoms with Gasteiger partial charge in [-0.15, -0.1) is 0 Å². The van der Waals surface area contributed by atoms with Gasteiger partial charge in [0.25, 0.3) is 0 Å². The molecule has 0 radical (unpaired) electrons. The number of carboxylic acid groups (broad SMARTS) is 2. The zero-order valence-corrected chi connectivity index (χ0v) is 15.3. The van der Waals surface area contributed by atoms with Crippen molar-refractivity contribution in [2.45, 2.75) is 18.9 Å². The third-order valence-electron chi connectivity index (χ3n) is 3.11. The van der Waals surface area contributed by atoms with Gasteiger partial charge in [0.15, 0.2) is 0 Å². The maximum Gasteiger partial charge on any atom is 0.405 e. The molecule has 3 amide bonds. The van der Waals surface area contributed by atoms with Gasteiger partial charge in [0.1, 0.15) is 6.04 Å². The first-order chi connectivity index (χ1) is 13.0. The van der Waals surface area contributed by atoms with E-state index in [4.69, 9.17) is 30.2 Å². The number of ether oxygens (including phenoxy) is 3. The fraction of sp³-hybridized carbons (Fsp3) is 0.800. The van der Waals surface area contributed by atoms with E-state index in [1.54, 1.807) is 0 Å². The van der Waals surface area contributed by atoms with E-state index in [2.05, 4.69) is 16.0 Å². The molecule has 0 rings (SSSR count). The van der Waals surface area contributed by atoms with E-state index >= 15 is 0 Å². The summed E-state index contributed by atoms with van der Waals surface area (Å²) < 4.78 is 15.7. The van der Waals surface area contributed by atoms with Crippen LogP contribution < -0.4 is 21.7 Å². The molecule has 0 aliphatic heterocycles. The SMILES string of the molecule is NCCOCCOCCOCCNC(=O)C(CCCNC(=O)O)NC(=O)O. The average molecular weight is 394 g/mol. The van der Waals surface area contributed by atoms with E-state index in [9.17, 15) is 14.4 Å². The summed E-state index contributed by atoms with van der Waals surface area (Å²) in [6.45, 7) is 3.20. The lowest BCUT2D eigenvalue weighted by atomic mass is 10.1. The van der Waals surface area contributed by atoms with Crippen molar-refractivity contribution < 1.29 is 38.8 Å². The van der Waals surface area contributed by atoms with Crippen molar-refractivity contribution >= 4 is 18.1 Å². The molecule has 0 saturated heterocycles. The molecule has 0 aromatic rings. The van der Waals surface area contributed by atoms with Crippen molar-refractivity contribution in [2.24, 2.45) is 5.73 Å². The number of carbonyl (C=O) groups excluding carboxylic acids is 1. The van der Waals surface area contributed by atoms with Crippen LogP contribution >= 0.6 is 0 Å². The molecule has 0 aromatic heterocycles. The van der Waals surface area contributed by atoms with Gasteiger partial charge in [-0.05, 0) is 12.8 Å². The molecule has 0 aromatic carbocycles. The first-order valence-corrected chi connectivity index (χ1v) is 8.64. The summed E-state index contributed by atoms with van der Waals surface area (Å²) in [7, 11) is 0. The van der Waals surface area contributed by atoms with Gasteiger partial charge < -0.3 is 46.1 Å². The van der Waals surface area contributed by atoms with E-state index in [1.807, 2.05) is 0 Å². The van der Waals surface area contributed by atoms with Crippen molar-refractivity contribution in [3.63, 3.8) is 0 Å². The molecule has 12 nitrogen and oxygen atoms in total. The Morgan fingerprint density at radius 2 is 1.41 bits per heavy atom. The van der Waals surface area contributed by atoms with E-state index in [-0.39, 0.29) is 26.1 Å². The highest BCUT2D eigenvalue weighted by atomic mass is 16.5. The summed E-state index contributed by atoms with van der Waals surface area (Å²) in [6.07, 6.45) is -2.02. The van der Waals surface area contributed by atoms with Crippen molar-refractivity contribution in [2.75, 3.05) is 59.3 Å². The standard InChI is InChI=1S/C15H30N4O8/c16-3-6-25-8-10-27-11-9-26-7-5-17-13(20)12(19-15(23)24)2-1-4-18-14(21)22/h12,18-19H,1-11,16H2,(H,17,20)(H,21,22)(H,23,24). The third-order valence-corrected chi connectivity index (χ3v) is 3.11. The van der Waals surface area contributed by atoms with E-state index in [0.29, 0.717) is 46.0 Å². The second-order valence-corrected chi connectivity index (χ2v) is 5.29. The Hall–Kier alpha value is -2.15. The van der Waals surface area contributed by atoms with Gasteiger partial charge in [0, 0.05) is 19.6 Å². The molecule has 1 unspecified atom stereocenters. The zero-order valence-electron chi connectivity index (χ0n) is 15.3. The summed E-state index contributed by atoms with van der Waals surface area (Å²) in [4.78, 5) is 33.1. The number of rotatable bonds is 17. The van der Waals surface area contributed by atoms with Crippen LogP contribution in [-0.2, 0) is 19.0 Å². The minimum absolute atomic E-state index is 0.126. The topological polar surface area (TPSA) is 181 Å². The zero-order chi connectivity index (χ0) is 20.3. The molecule has 7 N–H and O–H groups in total. The van der Waals surface area contributed by atoms with Gasteiger partial charge >= 0.3 is 12.2 Å². The van der Waals surface area contributed by atoms with Crippen LogP contribution in [0.2, 0.25) is 0 Å². The molecule has 0 aliphatic rings. The fourth-order valence-electron chi connectivity index (χ4n) is 1.91. The minimum Gasteiger partial charge on any atom is -0.465 e. The fourth-order valence-corrected chi connectivity index (χ4v) is 1.91. The molecule has 0 bridgehead atoms. The maximum atomic E-state index is 12.0. The maximum absolute atomic E-state index is 12.0. The molecular weight excluding hydrogens is 364 g/mol. The first-order valence-electron chi connectivity index (χ1n) is 8.64. The van der Waals surface area contributed by atoms with Crippen LogP contribution in [0.1, 0.15) is 12.8 Å². The van der Waals surface area contributed by atoms with Gasteiger partial charge in [-0.2, -0.15) is 0 Å². The van der Waals surface area contributed by atoms with E-state index in [1.165, 1.54) is 0 Å². The van der Waals surface area contributed by atoms with Crippen LogP contribution in [0.5, 0.6) is 0 Å². The van der Waals surface area contributed by atoms with Crippen LogP contribution in [0.15, 0.2) is 0 Å². The summed E-state index contributed by atoms with van der Waals surface area (Å²) in [5.41, 5.74) is 5.27. The van der Waals surface area contributed by atoms with Gasteiger partial charge in [-0.25, -0.2) is 9.59 Å². The molecule has 12 heteroatoms. The molecule has 158 valence electrons. The highest BCUT2D eigenvalue weighted by Crippen LogP contribution is 1.97. The predicted octanol–water partition coefficient (Wildman–Crippen LogP) is -1.20. The summed E-state index contributed by atoms with van der Waals surface area (Å²) in [6, 6.07) is -0.963. The molecule has 0 aliphatic carbocycles. The van der Waals surface area contributed by atoms with E-state index < -0.39 is 24.1 Å². The Bertz CT molecular complexity index is 425. The van der Waals surface area contributed by atoms with Crippen molar-refractivity contribution in [1.82, 2.24) is 16.0 Å². The Balaban J connectivity index is 3.76. The monoisotopic (exact) mass is 394 g/mol. The van der Waals surface area contributed by atoms with Crippen molar-refractivity contribution in [1.29, 1.82) is 0 Å². The predicted molar refractivity (Wildman–Crippen MR) is 94.7 cm³/mol. The number of nitrogens with one attached hydrogen (secondary N) is 3. The van der Waals surface area contributed by atoms with Crippen molar-refractivity contribution in [3.8, 4) is 0 Å². The first kappa shape index (κ1) is 24.8. The largest absolute Gasteiger partial charge is 0.465 e. The number of carbonyl (C=O) groups is 3. The second kappa shape index (κ2) is 17.3. The molecule has 0 fully saturated rings. The summed E-state index contributed by atoms with van der Waals surface area (Å²) >= 11 is 0. The number of hydrogen-bond acceptors (Lipinski definition) is 7. The Morgan fingerprint density at radius 3 is 1.96 bits per heavy atom. The molecule has 0 spiro atoms. The smallest absolute Gasteiger partial charge is 0.405 e. The Kier molecular flexibility index (Phi) is 15.9. The lowest BCUT2D eigenvalue weighted by Crippen LogP contribution is -2.47. The number of hydrogen-bond donors (Lipinski definition) is 6. The van der Waals surface area contributed by atoms with Gasteiger partial charge in [-0.1, -0.05) is 0 Å².